The van der Waals surface area contributed by atoms with Gasteiger partial charge in [0, 0.05) is 0 Å². The molecule has 17 heavy (non-hydrogen) atoms. The van der Waals surface area contributed by atoms with E-state index in [2.05, 4.69) is 6.92 Å². The third kappa shape index (κ3) is 2.13. The van der Waals surface area contributed by atoms with Crippen molar-refractivity contribution in [1.29, 1.82) is 0 Å². The molecule has 0 saturated carbocycles. The summed E-state index contributed by atoms with van der Waals surface area (Å²) in [4.78, 5) is 0.535. The van der Waals surface area contributed by atoms with E-state index < -0.39 is 9.84 Å². The maximum atomic E-state index is 12.4. The highest BCUT2D eigenvalue weighted by Crippen LogP contribution is 2.31. The summed E-state index contributed by atoms with van der Waals surface area (Å²) in [6, 6.07) is 0. The average molecular weight is 254 g/mol. The molecule has 0 aliphatic rings. The van der Waals surface area contributed by atoms with Crippen molar-refractivity contribution in [2.45, 2.75) is 58.6 Å². The highest BCUT2D eigenvalue weighted by atomic mass is 32.2. The molecule has 0 aliphatic heterocycles. The Labute approximate surface area is 105 Å². The van der Waals surface area contributed by atoms with E-state index in [1.807, 2.05) is 27.7 Å². The topological polar surface area (TPSA) is 34.1 Å². The van der Waals surface area contributed by atoms with E-state index in [0.717, 1.165) is 22.3 Å². The molecule has 0 unspecified atom stereocenters. The van der Waals surface area contributed by atoms with E-state index in [1.54, 1.807) is 13.8 Å². The van der Waals surface area contributed by atoms with E-state index in [-0.39, 0.29) is 5.25 Å². The Balaban J connectivity index is 3.80. The molecule has 0 fully saturated rings. The second-order valence-corrected chi connectivity index (χ2v) is 7.49. The molecule has 0 amide bonds. The molecule has 3 heteroatoms. The smallest absolute Gasteiger partial charge is 0.181 e. The average Bonchev–Trinajstić information content (AvgIpc) is 2.23. The summed E-state index contributed by atoms with van der Waals surface area (Å²) in [6.45, 7) is 13.3. The molecule has 0 radical (unpaired) electrons. The van der Waals surface area contributed by atoms with Crippen molar-refractivity contribution in [2.24, 2.45) is 0 Å². The minimum atomic E-state index is -3.20. The Morgan fingerprint density at radius 2 is 1.00 bits per heavy atom. The van der Waals surface area contributed by atoms with Crippen molar-refractivity contribution in [1.82, 2.24) is 0 Å². The van der Waals surface area contributed by atoms with Crippen molar-refractivity contribution >= 4 is 9.84 Å². The Bertz CT molecular complexity index is 523. The van der Waals surface area contributed by atoms with Gasteiger partial charge in [0.1, 0.15) is 0 Å². The highest BCUT2D eigenvalue weighted by Gasteiger charge is 2.26. The van der Waals surface area contributed by atoms with E-state index in [0.29, 0.717) is 4.90 Å². The van der Waals surface area contributed by atoms with Crippen LogP contribution < -0.4 is 0 Å². The summed E-state index contributed by atoms with van der Waals surface area (Å²) in [5.41, 5.74) is 5.18. The molecule has 0 aromatic heterocycles. The van der Waals surface area contributed by atoms with Gasteiger partial charge in [0.2, 0.25) is 0 Å². The predicted octanol–water partition coefficient (Wildman–Crippen LogP) is 3.41. The van der Waals surface area contributed by atoms with Crippen LogP contribution in [-0.4, -0.2) is 13.7 Å². The van der Waals surface area contributed by atoms with Crippen LogP contribution in [0.15, 0.2) is 4.90 Å². The second kappa shape index (κ2) is 4.45. The Kier molecular flexibility index (Phi) is 3.72. The zero-order valence-electron chi connectivity index (χ0n) is 11.8. The van der Waals surface area contributed by atoms with E-state index in [4.69, 9.17) is 0 Å². The van der Waals surface area contributed by atoms with Crippen LogP contribution in [0, 0.1) is 34.6 Å². The Morgan fingerprint density at radius 1 is 0.706 bits per heavy atom. The lowest BCUT2D eigenvalue weighted by molar-refractivity contribution is 0.585. The molecule has 96 valence electrons. The fourth-order valence-electron chi connectivity index (χ4n) is 2.13. The van der Waals surface area contributed by atoms with Gasteiger partial charge in [-0.1, -0.05) is 0 Å². The summed E-state index contributed by atoms with van der Waals surface area (Å²) in [5, 5.41) is -0.374. The first-order valence-corrected chi connectivity index (χ1v) is 7.47. The molecule has 0 saturated heterocycles. The first-order chi connectivity index (χ1) is 7.62. The number of rotatable bonds is 2. The van der Waals surface area contributed by atoms with Crippen LogP contribution in [0.3, 0.4) is 0 Å². The van der Waals surface area contributed by atoms with Gasteiger partial charge in [-0.2, -0.15) is 0 Å². The summed E-state index contributed by atoms with van der Waals surface area (Å²) in [7, 11) is -3.20. The van der Waals surface area contributed by atoms with Crippen LogP contribution in [0.4, 0.5) is 0 Å². The molecule has 2 nitrogen and oxygen atoms in total. The largest absolute Gasteiger partial charge is 0.223 e. The van der Waals surface area contributed by atoms with E-state index in [9.17, 15) is 8.42 Å². The van der Waals surface area contributed by atoms with Crippen LogP contribution in [0.5, 0.6) is 0 Å². The molecule has 0 N–H and O–H groups in total. The van der Waals surface area contributed by atoms with Gasteiger partial charge in [-0.3, -0.25) is 0 Å². The van der Waals surface area contributed by atoms with Crippen molar-refractivity contribution < 1.29 is 8.42 Å². The summed E-state index contributed by atoms with van der Waals surface area (Å²) in [6.07, 6.45) is 0. The van der Waals surface area contributed by atoms with Crippen molar-refractivity contribution in [3.8, 4) is 0 Å². The first kappa shape index (κ1) is 14.2. The SMILES string of the molecule is Cc1c(C)c(C)c(S(=O)(=O)C(C)C)c(C)c1C. The Morgan fingerprint density at radius 3 is 1.29 bits per heavy atom. The zero-order valence-corrected chi connectivity index (χ0v) is 12.6. The van der Waals surface area contributed by atoms with E-state index >= 15 is 0 Å². The van der Waals surface area contributed by atoms with Gasteiger partial charge in [0.05, 0.1) is 10.1 Å². The molecule has 1 aromatic carbocycles. The third-order valence-corrected chi connectivity index (χ3v) is 6.26. The van der Waals surface area contributed by atoms with Gasteiger partial charge in [-0.15, -0.1) is 0 Å². The van der Waals surface area contributed by atoms with Crippen LogP contribution in [0.25, 0.3) is 0 Å². The van der Waals surface area contributed by atoms with Gasteiger partial charge in [-0.25, -0.2) is 8.42 Å². The molecule has 0 aliphatic carbocycles. The first-order valence-electron chi connectivity index (χ1n) is 5.93. The second-order valence-electron chi connectivity index (χ2n) is 5.05. The molecule has 1 aromatic rings. The van der Waals surface area contributed by atoms with Gasteiger partial charge in [0.15, 0.2) is 9.84 Å². The van der Waals surface area contributed by atoms with Crippen molar-refractivity contribution in [3.63, 3.8) is 0 Å². The van der Waals surface area contributed by atoms with Crippen LogP contribution in [0.2, 0.25) is 0 Å². The molecule has 1 rings (SSSR count). The fourth-order valence-corrected chi connectivity index (χ4v) is 3.76. The standard InChI is InChI=1S/C14H22O2S/c1-8(2)17(15,16)14-12(6)10(4)9(3)11(5)13(14)7/h8H,1-7H3. The van der Waals surface area contributed by atoms with Gasteiger partial charge in [-0.05, 0) is 76.3 Å². The molecule has 0 atom stereocenters. The molecule has 0 heterocycles. The molecule has 0 spiro atoms. The number of sulfone groups is 1. The van der Waals surface area contributed by atoms with Gasteiger partial charge >= 0.3 is 0 Å². The van der Waals surface area contributed by atoms with Gasteiger partial charge < -0.3 is 0 Å². The maximum absolute atomic E-state index is 12.4. The van der Waals surface area contributed by atoms with Crippen LogP contribution in [0.1, 0.15) is 41.7 Å². The lowest BCUT2D eigenvalue weighted by Gasteiger charge is -2.20. The number of benzene rings is 1. The quantitative estimate of drug-likeness (QED) is 0.810. The van der Waals surface area contributed by atoms with Crippen molar-refractivity contribution in [3.05, 3.63) is 27.8 Å². The third-order valence-electron chi connectivity index (χ3n) is 3.84. The fraction of sp³-hybridized carbons (Fsp3) is 0.571. The molecular weight excluding hydrogens is 232 g/mol. The summed E-state index contributed by atoms with van der Waals surface area (Å²) >= 11 is 0. The zero-order chi connectivity index (χ0) is 13.5. The molecular formula is C14H22O2S. The number of hydrogen-bond acceptors (Lipinski definition) is 2. The minimum Gasteiger partial charge on any atom is -0.223 e. The van der Waals surface area contributed by atoms with Crippen LogP contribution >= 0.6 is 0 Å². The monoisotopic (exact) mass is 254 g/mol. The molecule has 0 bridgehead atoms. The van der Waals surface area contributed by atoms with Crippen molar-refractivity contribution in [2.75, 3.05) is 0 Å². The normalized spacial score (nSPS) is 12.2. The predicted molar refractivity (Wildman–Crippen MR) is 72.4 cm³/mol. The summed E-state index contributed by atoms with van der Waals surface area (Å²) < 4.78 is 24.8. The van der Waals surface area contributed by atoms with Gasteiger partial charge in [0.25, 0.3) is 0 Å². The maximum Gasteiger partial charge on any atom is 0.181 e. The summed E-state index contributed by atoms with van der Waals surface area (Å²) in [5.74, 6) is 0. The van der Waals surface area contributed by atoms with E-state index in [1.165, 1.54) is 5.56 Å². The van der Waals surface area contributed by atoms with Crippen LogP contribution in [-0.2, 0) is 9.84 Å². The lowest BCUT2D eigenvalue weighted by atomic mass is 9.95. The lowest BCUT2D eigenvalue weighted by Crippen LogP contribution is -2.18. The highest BCUT2D eigenvalue weighted by molar-refractivity contribution is 7.92. The Hall–Kier alpha value is -0.830. The number of hydrogen-bond donors (Lipinski definition) is 0. The minimum absolute atomic E-state index is 0.374.